The lowest BCUT2D eigenvalue weighted by Crippen LogP contribution is -2.29. The molecule has 0 aliphatic heterocycles. The third kappa shape index (κ3) is 3.44. The number of rotatable bonds is 4. The minimum atomic E-state index is -0.591. The van der Waals surface area contributed by atoms with E-state index in [2.05, 4.69) is 15.3 Å². The minimum absolute atomic E-state index is 0.105. The number of H-pyrrole nitrogens is 2. The van der Waals surface area contributed by atoms with Gasteiger partial charge in [0.1, 0.15) is 5.69 Å². The van der Waals surface area contributed by atoms with E-state index < -0.39 is 11.2 Å². The van der Waals surface area contributed by atoms with Crippen LogP contribution in [0, 0.1) is 0 Å². The highest BCUT2D eigenvalue weighted by molar-refractivity contribution is 5.88. The van der Waals surface area contributed by atoms with Gasteiger partial charge >= 0.3 is 5.69 Å². The van der Waals surface area contributed by atoms with E-state index in [0.717, 1.165) is 5.56 Å². The number of hydrogen-bond acceptors (Lipinski definition) is 3. The summed E-state index contributed by atoms with van der Waals surface area (Å²) in [6.07, 6.45) is 1.12. The molecule has 3 N–H and O–H groups in total. The van der Waals surface area contributed by atoms with Crippen molar-refractivity contribution in [1.29, 1.82) is 0 Å². The fourth-order valence-corrected chi connectivity index (χ4v) is 1.94. The first-order valence-electron chi connectivity index (χ1n) is 6.23. The van der Waals surface area contributed by atoms with E-state index in [1.165, 1.54) is 6.92 Å². The normalized spacial score (nSPS) is 10.2. The van der Waals surface area contributed by atoms with Crippen molar-refractivity contribution in [1.82, 2.24) is 9.97 Å². The molecular weight excluding hydrogens is 258 g/mol. The molecule has 104 valence electrons. The van der Waals surface area contributed by atoms with Gasteiger partial charge in [0.05, 0.1) is 0 Å². The monoisotopic (exact) mass is 273 g/mol. The van der Waals surface area contributed by atoms with Crippen LogP contribution in [0.1, 0.15) is 18.2 Å². The molecule has 1 aromatic carbocycles. The summed E-state index contributed by atoms with van der Waals surface area (Å²) in [5.74, 6) is -0.358. The van der Waals surface area contributed by atoms with Gasteiger partial charge in [-0.05, 0) is 18.4 Å². The van der Waals surface area contributed by atoms with Crippen LogP contribution >= 0.6 is 0 Å². The van der Waals surface area contributed by atoms with Crippen LogP contribution in [-0.4, -0.2) is 15.9 Å². The molecule has 6 heteroatoms. The Labute approximate surface area is 114 Å². The van der Waals surface area contributed by atoms with Gasteiger partial charge in [0.15, 0.2) is 0 Å². The van der Waals surface area contributed by atoms with Gasteiger partial charge < -0.3 is 10.3 Å². The topological polar surface area (TPSA) is 94.8 Å². The van der Waals surface area contributed by atoms with Gasteiger partial charge in [-0.1, -0.05) is 30.3 Å². The van der Waals surface area contributed by atoms with Crippen molar-refractivity contribution in [2.45, 2.75) is 19.8 Å². The molecule has 20 heavy (non-hydrogen) atoms. The van der Waals surface area contributed by atoms with Crippen LogP contribution < -0.4 is 16.6 Å². The number of aryl methyl sites for hydroxylation is 2. The van der Waals surface area contributed by atoms with Crippen LogP contribution in [0.3, 0.4) is 0 Å². The predicted octanol–water partition coefficient (Wildman–Crippen LogP) is 0.807. The molecule has 0 aliphatic rings. The quantitative estimate of drug-likeness (QED) is 0.769. The fourth-order valence-electron chi connectivity index (χ4n) is 1.94. The smallest absolute Gasteiger partial charge is 0.320 e. The van der Waals surface area contributed by atoms with Crippen molar-refractivity contribution >= 4 is 11.6 Å². The predicted molar refractivity (Wildman–Crippen MR) is 75.8 cm³/mol. The largest absolute Gasteiger partial charge is 0.326 e. The average Bonchev–Trinajstić information content (AvgIpc) is 2.40. The van der Waals surface area contributed by atoms with Gasteiger partial charge in [0, 0.05) is 12.6 Å². The highest BCUT2D eigenvalue weighted by Gasteiger charge is 2.10. The number of carbonyl (C=O) groups is 1. The van der Waals surface area contributed by atoms with Gasteiger partial charge in [-0.15, -0.1) is 0 Å². The molecule has 0 spiro atoms. The standard InChI is InChI=1S/C14H15N3O3/c1-9(18)15-12-11(16-14(20)17-13(12)19)8-7-10-5-3-2-4-6-10/h2-6H,7-8H2,1H3,(H,15,18)(H2,16,17,19,20). The second-order valence-electron chi connectivity index (χ2n) is 4.43. The van der Waals surface area contributed by atoms with Crippen LogP contribution in [0.4, 0.5) is 5.69 Å². The molecule has 0 atom stereocenters. The molecule has 0 saturated carbocycles. The number of carbonyl (C=O) groups excluding carboxylic acids is 1. The first kappa shape index (κ1) is 13.8. The molecular formula is C14H15N3O3. The summed E-state index contributed by atoms with van der Waals surface area (Å²) in [7, 11) is 0. The maximum atomic E-state index is 11.7. The number of benzene rings is 1. The molecule has 1 heterocycles. The van der Waals surface area contributed by atoms with Crippen molar-refractivity contribution in [3.63, 3.8) is 0 Å². The summed E-state index contributed by atoms with van der Waals surface area (Å²) >= 11 is 0. The van der Waals surface area contributed by atoms with Crippen molar-refractivity contribution < 1.29 is 4.79 Å². The Balaban J connectivity index is 2.28. The highest BCUT2D eigenvalue weighted by Crippen LogP contribution is 2.09. The highest BCUT2D eigenvalue weighted by atomic mass is 16.2. The van der Waals surface area contributed by atoms with Gasteiger partial charge in [0.25, 0.3) is 5.56 Å². The van der Waals surface area contributed by atoms with Gasteiger partial charge in [-0.3, -0.25) is 14.6 Å². The van der Waals surface area contributed by atoms with Gasteiger partial charge in [0.2, 0.25) is 5.91 Å². The van der Waals surface area contributed by atoms with Gasteiger partial charge in [-0.25, -0.2) is 4.79 Å². The van der Waals surface area contributed by atoms with E-state index in [1.54, 1.807) is 0 Å². The van der Waals surface area contributed by atoms with Gasteiger partial charge in [-0.2, -0.15) is 0 Å². The third-order valence-electron chi connectivity index (χ3n) is 2.83. The van der Waals surface area contributed by atoms with E-state index in [1.807, 2.05) is 30.3 Å². The van der Waals surface area contributed by atoms with Crippen LogP contribution in [0.2, 0.25) is 0 Å². The zero-order chi connectivity index (χ0) is 14.5. The third-order valence-corrected chi connectivity index (χ3v) is 2.83. The van der Waals surface area contributed by atoms with E-state index in [9.17, 15) is 14.4 Å². The minimum Gasteiger partial charge on any atom is -0.320 e. The Morgan fingerprint density at radius 2 is 1.80 bits per heavy atom. The molecule has 2 aromatic rings. The SMILES string of the molecule is CC(=O)Nc1c(CCc2ccccc2)[nH]c(=O)[nH]c1=O. The molecule has 0 fully saturated rings. The fraction of sp³-hybridized carbons (Fsp3) is 0.214. The number of aromatic amines is 2. The van der Waals surface area contributed by atoms with Crippen LogP contribution in [0.5, 0.6) is 0 Å². The lowest BCUT2D eigenvalue weighted by Gasteiger charge is -2.08. The Bertz CT molecular complexity index is 716. The number of amides is 1. The zero-order valence-electron chi connectivity index (χ0n) is 11.0. The lowest BCUT2D eigenvalue weighted by atomic mass is 10.1. The molecule has 2 rings (SSSR count). The Kier molecular flexibility index (Phi) is 4.14. The lowest BCUT2D eigenvalue weighted by molar-refractivity contribution is -0.114. The van der Waals surface area contributed by atoms with E-state index in [-0.39, 0.29) is 11.6 Å². The number of aromatic nitrogens is 2. The maximum absolute atomic E-state index is 11.7. The first-order chi connectivity index (χ1) is 9.56. The number of hydrogen-bond donors (Lipinski definition) is 3. The molecule has 1 amide bonds. The second-order valence-corrected chi connectivity index (χ2v) is 4.43. The second kappa shape index (κ2) is 6.01. The zero-order valence-corrected chi connectivity index (χ0v) is 11.0. The summed E-state index contributed by atoms with van der Waals surface area (Å²) in [6.45, 7) is 1.31. The Morgan fingerprint density at radius 1 is 1.10 bits per heavy atom. The Hall–Kier alpha value is -2.63. The summed E-state index contributed by atoms with van der Waals surface area (Å²) < 4.78 is 0. The first-order valence-corrected chi connectivity index (χ1v) is 6.23. The van der Waals surface area contributed by atoms with Crippen molar-refractivity contribution in [3.05, 3.63) is 62.4 Å². The summed E-state index contributed by atoms with van der Waals surface area (Å²) in [5.41, 5.74) is 0.451. The number of anilines is 1. The molecule has 0 unspecified atom stereocenters. The Morgan fingerprint density at radius 3 is 2.45 bits per heavy atom. The molecule has 0 radical (unpaired) electrons. The molecule has 0 aliphatic carbocycles. The summed E-state index contributed by atoms with van der Waals surface area (Å²) in [4.78, 5) is 38.8. The van der Waals surface area contributed by atoms with Crippen LogP contribution in [0.25, 0.3) is 0 Å². The van der Waals surface area contributed by atoms with Crippen LogP contribution in [-0.2, 0) is 17.6 Å². The molecule has 6 nitrogen and oxygen atoms in total. The van der Waals surface area contributed by atoms with Crippen molar-refractivity contribution in [2.75, 3.05) is 5.32 Å². The van der Waals surface area contributed by atoms with Crippen LogP contribution in [0.15, 0.2) is 39.9 Å². The summed E-state index contributed by atoms with van der Waals surface area (Å²) in [5, 5.41) is 2.45. The molecule has 1 aromatic heterocycles. The van der Waals surface area contributed by atoms with Crippen molar-refractivity contribution in [2.24, 2.45) is 0 Å². The average molecular weight is 273 g/mol. The number of nitrogens with one attached hydrogen (secondary N) is 3. The molecule has 0 bridgehead atoms. The van der Waals surface area contributed by atoms with E-state index >= 15 is 0 Å². The van der Waals surface area contributed by atoms with E-state index in [4.69, 9.17) is 0 Å². The summed E-state index contributed by atoms with van der Waals surface area (Å²) in [6, 6.07) is 9.68. The van der Waals surface area contributed by atoms with Crippen molar-refractivity contribution in [3.8, 4) is 0 Å². The maximum Gasteiger partial charge on any atom is 0.326 e. The molecule has 0 saturated heterocycles. The van der Waals surface area contributed by atoms with E-state index in [0.29, 0.717) is 18.5 Å².